The third kappa shape index (κ3) is 6.55. The van der Waals surface area contributed by atoms with E-state index in [1.165, 1.54) is 0 Å². The molecule has 0 bridgehead atoms. The van der Waals surface area contributed by atoms with Crippen LogP contribution in [-0.4, -0.2) is 74.7 Å². The van der Waals surface area contributed by atoms with Crippen molar-refractivity contribution < 1.29 is 23.9 Å². The van der Waals surface area contributed by atoms with Crippen molar-refractivity contribution in [1.82, 2.24) is 10.2 Å². The zero-order valence-electron chi connectivity index (χ0n) is 19.0. The van der Waals surface area contributed by atoms with E-state index in [2.05, 4.69) is 16.0 Å². The molecule has 2 aromatic rings. The molecule has 3 N–H and O–H groups in total. The van der Waals surface area contributed by atoms with Crippen LogP contribution in [0, 0.1) is 0 Å². The smallest absolute Gasteiger partial charge is 0.254 e. The van der Waals surface area contributed by atoms with Crippen molar-refractivity contribution in [2.45, 2.75) is 18.9 Å². The number of hydrogen-bond donors (Lipinski definition) is 3. The van der Waals surface area contributed by atoms with E-state index < -0.39 is 0 Å². The van der Waals surface area contributed by atoms with Gasteiger partial charge in [0.2, 0.25) is 5.91 Å². The van der Waals surface area contributed by atoms with Gasteiger partial charge in [-0.15, -0.1) is 0 Å². The molecule has 9 heteroatoms. The Morgan fingerprint density at radius 3 is 2.44 bits per heavy atom. The van der Waals surface area contributed by atoms with Crippen LogP contribution >= 0.6 is 0 Å². The monoisotopic (exact) mass is 466 g/mol. The molecule has 0 aliphatic carbocycles. The van der Waals surface area contributed by atoms with Gasteiger partial charge in [0.1, 0.15) is 0 Å². The first kappa shape index (κ1) is 23.7. The van der Waals surface area contributed by atoms with Crippen LogP contribution in [0.3, 0.4) is 0 Å². The first-order chi connectivity index (χ1) is 16.6. The summed E-state index contributed by atoms with van der Waals surface area (Å²) in [7, 11) is 0. The average Bonchev–Trinajstić information content (AvgIpc) is 3.40. The standard InChI is InChI=1S/C25H30N4O5/c30-23(28-21-7-2-5-19(15-21)25(32)29-9-12-33-13-10-29)17-26-20-6-1-4-18(14-20)24(31)27-16-22-8-3-11-34-22/h1-2,4-7,14-15,22,26H,3,8-13,16-17H2,(H,27,31)(H,28,30). The highest BCUT2D eigenvalue weighted by molar-refractivity contribution is 5.98. The number of nitrogens with zero attached hydrogens (tertiary/aromatic N) is 1. The van der Waals surface area contributed by atoms with Gasteiger partial charge in [0, 0.05) is 48.7 Å². The lowest BCUT2D eigenvalue weighted by Crippen LogP contribution is -2.40. The summed E-state index contributed by atoms with van der Waals surface area (Å²) < 4.78 is 10.8. The van der Waals surface area contributed by atoms with Gasteiger partial charge in [-0.3, -0.25) is 14.4 Å². The van der Waals surface area contributed by atoms with Crippen molar-refractivity contribution in [3.8, 4) is 0 Å². The number of carbonyl (C=O) groups is 3. The van der Waals surface area contributed by atoms with Crippen LogP contribution in [-0.2, 0) is 14.3 Å². The van der Waals surface area contributed by atoms with E-state index in [0.717, 1.165) is 19.4 Å². The number of nitrogens with one attached hydrogen (secondary N) is 3. The van der Waals surface area contributed by atoms with Crippen molar-refractivity contribution >= 4 is 29.1 Å². The van der Waals surface area contributed by atoms with Crippen molar-refractivity contribution in [3.63, 3.8) is 0 Å². The predicted octanol–water partition coefficient (Wildman–Crippen LogP) is 2.12. The zero-order chi connectivity index (χ0) is 23.8. The first-order valence-corrected chi connectivity index (χ1v) is 11.6. The maximum absolute atomic E-state index is 12.7. The number of carbonyl (C=O) groups excluding carboxylic acids is 3. The lowest BCUT2D eigenvalue weighted by atomic mass is 10.1. The van der Waals surface area contributed by atoms with Crippen molar-refractivity contribution in [2.24, 2.45) is 0 Å². The van der Waals surface area contributed by atoms with Gasteiger partial charge >= 0.3 is 0 Å². The molecule has 2 saturated heterocycles. The van der Waals surface area contributed by atoms with Crippen molar-refractivity contribution in [2.75, 3.05) is 56.6 Å². The van der Waals surface area contributed by atoms with E-state index in [1.807, 2.05) is 0 Å². The highest BCUT2D eigenvalue weighted by atomic mass is 16.5. The van der Waals surface area contributed by atoms with Gasteiger partial charge in [-0.25, -0.2) is 0 Å². The summed E-state index contributed by atoms with van der Waals surface area (Å²) in [6.07, 6.45) is 2.06. The summed E-state index contributed by atoms with van der Waals surface area (Å²) in [5, 5.41) is 8.74. The largest absolute Gasteiger partial charge is 0.378 e. The van der Waals surface area contributed by atoms with Crippen LogP contribution in [0.25, 0.3) is 0 Å². The Balaban J connectivity index is 1.27. The normalized spacial score (nSPS) is 17.8. The summed E-state index contributed by atoms with van der Waals surface area (Å²) >= 11 is 0. The summed E-state index contributed by atoms with van der Waals surface area (Å²) in [5.74, 6) is -0.512. The van der Waals surface area contributed by atoms with Gasteiger partial charge in [-0.2, -0.15) is 0 Å². The van der Waals surface area contributed by atoms with Gasteiger partial charge in [0.15, 0.2) is 0 Å². The summed E-state index contributed by atoms with van der Waals surface area (Å²) in [6.45, 7) is 3.44. The number of morpholine rings is 1. The Kier molecular flexibility index (Phi) is 8.11. The van der Waals surface area contributed by atoms with Crippen LogP contribution in [0.15, 0.2) is 48.5 Å². The lowest BCUT2D eigenvalue weighted by molar-refractivity contribution is -0.114. The molecule has 2 heterocycles. The van der Waals surface area contributed by atoms with Crippen LogP contribution in [0.5, 0.6) is 0 Å². The van der Waals surface area contributed by atoms with E-state index in [9.17, 15) is 14.4 Å². The summed E-state index contributed by atoms with van der Waals surface area (Å²) in [5.41, 5.74) is 2.25. The fourth-order valence-electron chi connectivity index (χ4n) is 3.95. The van der Waals surface area contributed by atoms with Crippen LogP contribution in [0.1, 0.15) is 33.6 Å². The van der Waals surface area contributed by atoms with Crippen LogP contribution in [0.4, 0.5) is 11.4 Å². The Labute approximate surface area is 198 Å². The molecule has 0 radical (unpaired) electrons. The second-order valence-corrected chi connectivity index (χ2v) is 8.31. The molecular formula is C25H30N4O5. The molecule has 4 rings (SSSR count). The van der Waals surface area contributed by atoms with Gasteiger partial charge in [0.25, 0.3) is 11.8 Å². The highest BCUT2D eigenvalue weighted by Crippen LogP contribution is 2.15. The molecule has 0 aromatic heterocycles. The molecule has 0 saturated carbocycles. The van der Waals surface area contributed by atoms with Gasteiger partial charge in [0.05, 0.1) is 25.9 Å². The van der Waals surface area contributed by atoms with E-state index in [1.54, 1.807) is 53.4 Å². The summed E-state index contributed by atoms with van der Waals surface area (Å²) in [6, 6.07) is 13.9. The molecule has 2 aliphatic rings. The molecule has 1 unspecified atom stereocenters. The fraction of sp³-hybridized carbons (Fsp3) is 0.400. The molecule has 34 heavy (non-hydrogen) atoms. The van der Waals surface area contributed by atoms with Crippen molar-refractivity contribution in [3.05, 3.63) is 59.7 Å². The van der Waals surface area contributed by atoms with Crippen LogP contribution < -0.4 is 16.0 Å². The topological polar surface area (TPSA) is 109 Å². The minimum Gasteiger partial charge on any atom is -0.378 e. The zero-order valence-corrected chi connectivity index (χ0v) is 19.0. The third-order valence-electron chi connectivity index (χ3n) is 5.78. The lowest BCUT2D eigenvalue weighted by Gasteiger charge is -2.27. The SMILES string of the molecule is O=C(CNc1cccc(C(=O)NCC2CCCO2)c1)Nc1cccc(C(=O)N2CCOCC2)c1. The first-order valence-electron chi connectivity index (χ1n) is 11.6. The van der Waals surface area contributed by atoms with Gasteiger partial charge in [-0.05, 0) is 49.2 Å². The minimum absolute atomic E-state index is 0.0165. The molecule has 0 spiro atoms. The predicted molar refractivity (Wildman–Crippen MR) is 128 cm³/mol. The minimum atomic E-state index is -0.260. The number of rotatable bonds is 8. The summed E-state index contributed by atoms with van der Waals surface area (Å²) in [4.78, 5) is 39.3. The van der Waals surface area contributed by atoms with Gasteiger partial charge < -0.3 is 30.3 Å². The number of anilines is 2. The average molecular weight is 467 g/mol. The second kappa shape index (κ2) is 11.6. The van der Waals surface area contributed by atoms with Gasteiger partial charge in [-0.1, -0.05) is 12.1 Å². The Morgan fingerprint density at radius 2 is 1.68 bits per heavy atom. The quantitative estimate of drug-likeness (QED) is 0.550. The van der Waals surface area contributed by atoms with Crippen molar-refractivity contribution in [1.29, 1.82) is 0 Å². The Bertz CT molecular complexity index is 1020. The van der Waals surface area contributed by atoms with E-state index in [0.29, 0.717) is 55.3 Å². The Hall–Kier alpha value is -3.43. The Morgan fingerprint density at radius 1 is 0.941 bits per heavy atom. The molecular weight excluding hydrogens is 436 g/mol. The molecule has 180 valence electrons. The molecule has 2 aromatic carbocycles. The number of ether oxygens (including phenoxy) is 2. The van der Waals surface area contributed by atoms with Crippen LogP contribution in [0.2, 0.25) is 0 Å². The second-order valence-electron chi connectivity index (χ2n) is 8.31. The maximum Gasteiger partial charge on any atom is 0.254 e. The molecule has 2 fully saturated rings. The maximum atomic E-state index is 12.7. The van der Waals surface area contributed by atoms with E-state index >= 15 is 0 Å². The third-order valence-corrected chi connectivity index (χ3v) is 5.78. The highest BCUT2D eigenvalue weighted by Gasteiger charge is 2.19. The molecule has 3 amide bonds. The molecule has 1 atom stereocenters. The van der Waals surface area contributed by atoms with E-state index in [4.69, 9.17) is 9.47 Å². The number of benzene rings is 2. The number of hydrogen-bond acceptors (Lipinski definition) is 6. The molecule has 9 nitrogen and oxygen atoms in total. The fourth-order valence-corrected chi connectivity index (χ4v) is 3.95. The van der Waals surface area contributed by atoms with E-state index in [-0.39, 0.29) is 30.4 Å². The number of amides is 3. The molecule has 2 aliphatic heterocycles.